The number of rotatable bonds is 10. The number of benzene rings is 4. The van der Waals surface area contributed by atoms with Crippen LogP contribution >= 0.6 is 0 Å². The minimum Gasteiger partial charge on any atom is -0.376 e. The number of amides is 3. The second-order valence-electron chi connectivity index (χ2n) is 9.05. The molecule has 4 aromatic carbocycles. The maximum atomic E-state index is 13.1. The molecule has 0 saturated heterocycles. The van der Waals surface area contributed by atoms with Gasteiger partial charge < -0.3 is 20.9 Å². The van der Waals surface area contributed by atoms with Crippen LogP contribution in [0.5, 0.6) is 0 Å². The number of hydrogen-bond acceptors (Lipinski definition) is 4. The van der Waals surface area contributed by atoms with Gasteiger partial charge in [0.25, 0.3) is 11.8 Å². The van der Waals surface area contributed by atoms with Crippen LogP contribution < -0.4 is 20.9 Å². The molecule has 39 heavy (non-hydrogen) atoms. The Labute approximate surface area is 228 Å². The number of carbonyl (C=O) groups excluding carboxylic acids is 3. The normalized spacial score (nSPS) is 11.2. The Morgan fingerprint density at radius 2 is 1.41 bits per heavy atom. The largest absolute Gasteiger partial charge is 0.376 e. The molecule has 0 aliphatic heterocycles. The molecular weight excluding hydrogens is 488 g/mol. The summed E-state index contributed by atoms with van der Waals surface area (Å²) in [6.45, 7) is 4.42. The van der Waals surface area contributed by atoms with Crippen LogP contribution in [0, 0.1) is 0 Å². The van der Waals surface area contributed by atoms with Crippen molar-refractivity contribution in [2.45, 2.75) is 19.9 Å². The quantitative estimate of drug-likeness (QED) is 0.243. The lowest BCUT2D eigenvalue weighted by atomic mass is 10.1. The fourth-order valence-electron chi connectivity index (χ4n) is 4.17. The monoisotopic (exact) mass is 520 g/mol. The Balaban J connectivity index is 1.30. The van der Waals surface area contributed by atoms with Gasteiger partial charge in [0, 0.05) is 34.7 Å². The Kier molecular flexibility index (Phi) is 9.08. The zero-order valence-corrected chi connectivity index (χ0v) is 22.1. The van der Waals surface area contributed by atoms with Gasteiger partial charge in [-0.2, -0.15) is 0 Å². The number of nitrogens with one attached hydrogen (secondary N) is 3. The van der Waals surface area contributed by atoms with Crippen LogP contribution in [0.3, 0.4) is 0 Å². The Bertz CT molecular complexity index is 1410. The predicted octanol–water partition coefficient (Wildman–Crippen LogP) is 5.89. The van der Waals surface area contributed by atoms with Crippen LogP contribution in [0.4, 0.5) is 17.1 Å². The SMILES string of the molecule is CCN(C(=O)c1cccc(NCC(=O)Nc2ccc(C(=O)NC(C)c3ccccc3)cc2)c1)c1ccccc1. The van der Waals surface area contributed by atoms with Crippen LogP contribution in [-0.4, -0.2) is 30.8 Å². The minimum atomic E-state index is -0.249. The van der Waals surface area contributed by atoms with E-state index in [1.165, 1.54) is 0 Å². The van der Waals surface area contributed by atoms with Gasteiger partial charge in [0.2, 0.25) is 5.91 Å². The van der Waals surface area contributed by atoms with Crippen molar-refractivity contribution in [3.63, 3.8) is 0 Å². The van der Waals surface area contributed by atoms with Crippen molar-refractivity contribution >= 4 is 34.8 Å². The van der Waals surface area contributed by atoms with Crippen molar-refractivity contribution in [3.8, 4) is 0 Å². The topological polar surface area (TPSA) is 90.5 Å². The first-order valence-electron chi connectivity index (χ1n) is 12.9. The van der Waals surface area contributed by atoms with E-state index in [1.807, 2.05) is 80.6 Å². The first kappa shape index (κ1) is 27.1. The third kappa shape index (κ3) is 7.32. The summed E-state index contributed by atoms with van der Waals surface area (Å²) in [7, 11) is 0. The van der Waals surface area contributed by atoms with Crippen molar-refractivity contribution in [2.24, 2.45) is 0 Å². The lowest BCUT2D eigenvalue weighted by Crippen LogP contribution is -2.30. The molecule has 3 amide bonds. The molecule has 0 fully saturated rings. The zero-order valence-electron chi connectivity index (χ0n) is 22.1. The van der Waals surface area contributed by atoms with E-state index in [4.69, 9.17) is 0 Å². The van der Waals surface area contributed by atoms with Crippen LogP contribution in [0.15, 0.2) is 109 Å². The van der Waals surface area contributed by atoms with Gasteiger partial charge in [0.05, 0.1) is 12.6 Å². The van der Waals surface area contributed by atoms with E-state index in [2.05, 4.69) is 16.0 Å². The molecule has 1 atom stereocenters. The van der Waals surface area contributed by atoms with Crippen molar-refractivity contribution in [1.29, 1.82) is 0 Å². The number of para-hydroxylation sites is 1. The summed E-state index contributed by atoms with van der Waals surface area (Å²) >= 11 is 0. The predicted molar refractivity (Wildman–Crippen MR) is 156 cm³/mol. The molecule has 0 bridgehead atoms. The molecule has 4 aromatic rings. The average molecular weight is 521 g/mol. The molecule has 0 saturated carbocycles. The van der Waals surface area contributed by atoms with Crippen LogP contribution in [0.25, 0.3) is 0 Å². The summed E-state index contributed by atoms with van der Waals surface area (Å²) in [5.41, 5.74) is 4.14. The lowest BCUT2D eigenvalue weighted by molar-refractivity contribution is -0.114. The molecule has 3 N–H and O–H groups in total. The number of hydrogen-bond donors (Lipinski definition) is 3. The van der Waals surface area contributed by atoms with Gasteiger partial charge in [-0.05, 0) is 74.0 Å². The second kappa shape index (κ2) is 13.1. The summed E-state index contributed by atoms with van der Waals surface area (Å²) < 4.78 is 0. The Hall–Kier alpha value is -4.91. The Morgan fingerprint density at radius 3 is 2.08 bits per heavy atom. The molecule has 0 aliphatic carbocycles. The molecule has 0 radical (unpaired) electrons. The molecule has 1 unspecified atom stereocenters. The van der Waals surface area contributed by atoms with Gasteiger partial charge in [-0.1, -0.05) is 54.6 Å². The van der Waals surface area contributed by atoms with Gasteiger partial charge in [0.15, 0.2) is 0 Å². The van der Waals surface area contributed by atoms with E-state index in [0.29, 0.717) is 29.0 Å². The van der Waals surface area contributed by atoms with Gasteiger partial charge in [-0.15, -0.1) is 0 Å². The number of carbonyl (C=O) groups is 3. The summed E-state index contributed by atoms with van der Waals surface area (Å²) in [6.07, 6.45) is 0. The molecule has 7 nitrogen and oxygen atoms in total. The van der Waals surface area contributed by atoms with Crippen LogP contribution in [0.2, 0.25) is 0 Å². The smallest absolute Gasteiger partial charge is 0.258 e. The van der Waals surface area contributed by atoms with E-state index in [1.54, 1.807) is 47.4 Å². The van der Waals surface area contributed by atoms with Crippen LogP contribution in [-0.2, 0) is 4.79 Å². The molecule has 198 valence electrons. The van der Waals surface area contributed by atoms with E-state index in [-0.39, 0.29) is 30.3 Å². The van der Waals surface area contributed by atoms with Gasteiger partial charge in [-0.25, -0.2) is 0 Å². The lowest BCUT2D eigenvalue weighted by Gasteiger charge is -2.21. The molecule has 4 rings (SSSR count). The van der Waals surface area contributed by atoms with Crippen molar-refractivity contribution in [3.05, 3.63) is 126 Å². The van der Waals surface area contributed by atoms with Gasteiger partial charge >= 0.3 is 0 Å². The second-order valence-corrected chi connectivity index (χ2v) is 9.05. The maximum Gasteiger partial charge on any atom is 0.258 e. The number of anilines is 3. The summed E-state index contributed by atoms with van der Waals surface area (Å²) in [6, 6.07) is 33.0. The van der Waals surface area contributed by atoms with E-state index >= 15 is 0 Å². The standard InChI is InChI=1S/C32H32N4O3/c1-3-36(29-15-8-5-9-16-29)32(39)26-13-10-14-28(21-26)33-22-30(37)35-27-19-17-25(18-20-27)31(38)34-23(2)24-11-6-4-7-12-24/h4-21,23,33H,3,22H2,1-2H3,(H,34,38)(H,35,37). The van der Waals surface area contributed by atoms with Crippen LogP contribution in [0.1, 0.15) is 46.2 Å². The molecule has 0 aromatic heterocycles. The van der Waals surface area contributed by atoms with E-state index in [9.17, 15) is 14.4 Å². The summed E-state index contributed by atoms with van der Waals surface area (Å²) in [5.74, 6) is -0.547. The fourth-order valence-corrected chi connectivity index (χ4v) is 4.17. The zero-order chi connectivity index (χ0) is 27.6. The first-order valence-corrected chi connectivity index (χ1v) is 12.9. The molecule has 0 aliphatic rings. The summed E-state index contributed by atoms with van der Waals surface area (Å²) in [5, 5.41) is 8.88. The molecule has 0 heterocycles. The van der Waals surface area contributed by atoms with Crippen molar-refractivity contribution in [1.82, 2.24) is 5.32 Å². The maximum absolute atomic E-state index is 13.1. The van der Waals surface area contributed by atoms with Crippen molar-refractivity contribution < 1.29 is 14.4 Å². The van der Waals surface area contributed by atoms with E-state index in [0.717, 1.165) is 11.3 Å². The fraction of sp³-hybridized carbons (Fsp3) is 0.156. The minimum absolute atomic E-state index is 0.0185. The Morgan fingerprint density at radius 1 is 0.744 bits per heavy atom. The van der Waals surface area contributed by atoms with Gasteiger partial charge in [-0.3, -0.25) is 14.4 Å². The summed E-state index contributed by atoms with van der Waals surface area (Å²) in [4.78, 5) is 40.0. The third-order valence-electron chi connectivity index (χ3n) is 6.27. The molecular formula is C32H32N4O3. The van der Waals surface area contributed by atoms with Gasteiger partial charge in [0.1, 0.15) is 0 Å². The average Bonchev–Trinajstić information content (AvgIpc) is 2.98. The van der Waals surface area contributed by atoms with Crippen molar-refractivity contribution in [2.75, 3.05) is 28.6 Å². The first-order chi connectivity index (χ1) is 18.9. The molecule has 0 spiro atoms. The highest BCUT2D eigenvalue weighted by Gasteiger charge is 2.16. The highest BCUT2D eigenvalue weighted by molar-refractivity contribution is 6.06. The highest BCUT2D eigenvalue weighted by Crippen LogP contribution is 2.19. The number of nitrogens with zero attached hydrogens (tertiary/aromatic N) is 1. The molecule has 7 heteroatoms. The third-order valence-corrected chi connectivity index (χ3v) is 6.27. The highest BCUT2D eigenvalue weighted by atomic mass is 16.2. The van der Waals surface area contributed by atoms with E-state index < -0.39 is 0 Å².